The first-order chi connectivity index (χ1) is 9.61. The lowest BCUT2D eigenvalue weighted by Gasteiger charge is -2.13. The molecule has 0 saturated heterocycles. The molecule has 0 aliphatic heterocycles. The van der Waals surface area contributed by atoms with E-state index in [1.165, 1.54) is 25.4 Å². The molecule has 0 radical (unpaired) electrons. The molecule has 0 aliphatic rings. The van der Waals surface area contributed by atoms with Crippen molar-refractivity contribution >= 4 is 28.9 Å². The highest BCUT2D eigenvalue weighted by molar-refractivity contribution is 7.09. The van der Waals surface area contributed by atoms with Gasteiger partial charge in [0, 0.05) is 24.2 Å². The second-order valence-electron chi connectivity index (χ2n) is 4.13. The van der Waals surface area contributed by atoms with Gasteiger partial charge in [-0.2, -0.15) is 0 Å². The van der Waals surface area contributed by atoms with Crippen LogP contribution in [0.15, 0.2) is 35.8 Å². The zero-order valence-electron chi connectivity index (χ0n) is 11.1. The lowest BCUT2D eigenvalue weighted by atomic mass is 9.99. The van der Waals surface area contributed by atoms with E-state index in [9.17, 15) is 9.59 Å². The predicted molar refractivity (Wildman–Crippen MR) is 76.7 cm³/mol. The lowest BCUT2D eigenvalue weighted by molar-refractivity contribution is -0.141. The van der Waals surface area contributed by atoms with E-state index in [0.29, 0.717) is 10.7 Å². The molecule has 0 saturated carbocycles. The first-order valence-electron chi connectivity index (χ1n) is 5.96. The summed E-state index contributed by atoms with van der Waals surface area (Å²) in [4.78, 5) is 27.1. The van der Waals surface area contributed by atoms with Crippen molar-refractivity contribution in [1.82, 2.24) is 4.98 Å². The number of benzene rings is 1. The van der Waals surface area contributed by atoms with Gasteiger partial charge in [0.2, 0.25) is 5.91 Å². The number of nitrogens with one attached hydrogen (secondary N) is 1. The molecule has 0 spiro atoms. The third-order valence-corrected chi connectivity index (χ3v) is 3.54. The average Bonchev–Trinajstić information content (AvgIpc) is 2.94. The number of esters is 1. The zero-order valence-corrected chi connectivity index (χ0v) is 11.9. The molecule has 1 atom stereocenters. The number of hydrogen-bond acceptors (Lipinski definition) is 5. The van der Waals surface area contributed by atoms with E-state index in [4.69, 9.17) is 4.74 Å². The fourth-order valence-corrected chi connectivity index (χ4v) is 2.59. The van der Waals surface area contributed by atoms with Crippen molar-refractivity contribution in [3.05, 3.63) is 46.4 Å². The van der Waals surface area contributed by atoms with E-state index in [1.807, 2.05) is 5.38 Å². The van der Waals surface area contributed by atoms with Crippen LogP contribution >= 0.6 is 11.3 Å². The number of aromatic nitrogens is 1. The van der Waals surface area contributed by atoms with Crippen molar-refractivity contribution in [2.75, 3.05) is 12.4 Å². The van der Waals surface area contributed by atoms with Crippen molar-refractivity contribution in [1.29, 1.82) is 0 Å². The highest BCUT2D eigenvalue weighted by atomic mass is 32.1. The Labute approximate surface area is 120 Å². The van der Waals surface area contributed by atoms with E-state index in [-0.39, 0.29) is 11.9 Å². The molecular weight excluding hydrogens is 276 g/mol. The van der Waals surface area contributed by atoms with E-state index < -0.39 is 5.92 Å². The summed E-state index contributed by atoms with van der Waals surface area (Å²) in [5.74, 6) is -1.03. The van der Waals surface area contributed by atoms with Gasteiger partial charge in [-0.15, -0.1) is 11.3 Å². The molecular formula is C14H14N2O3S. The van der Waals surface area contributed by atoms with E-state index in [1.54, 1.807) is 30.5 Å². The maximum atomic E-state index is 11.9. The molecule has 1 heterocycles. The van der Waals surface area contributed by atoms with Crippen LogP contribution in [0.4, 0.5) is 5.69 Å². The molecule has 104 valence electrons. The minimum Gasteiger partial charge on any atom is -0.468 e. The molecule has 1 N–H and O–H groups in total. The van der Waals surface area contributed by atoms with Gasteiger partial charge in [-0.25, -0.2) is 4.98 Å². The molecule has 20 heavy (non-hydrogen) atoms. The molecule has 0 bridgehead atoms. The van der Waals surface area contributed by atoms with Crippen LogP contribution in [-0.2, 0) is 14.3 Å². The van der Waals surface area contributed by atoms with Gasteiger partial charge in [-0.05, 0) is 17.7 Å². The first kappa shape index (κ1) is 14.2. The number of methoxy groups -OCH3 is 1. The number of ether oxygens (including phenoxy) is 1. The second-order valence-corrected chi connectivity index (χ2v) is 5.06. The number of carbonyl (C=O) groups excluding carboxylic acids is 2. The largest absolute Gasteiger partial charge is 0.468 e. The van der Waals surface area contributed by atoms with Crippen LogP contribution in [0.2, 0.25) is 0 Å². The topological polar surface area (TPSA) is 68.3 Å². The molecule has 0 aliphatic carbocycles. The standard InChI is InChI=1S/C14H14N2O3S/c1-9(17)16-11-5-3-10(4-6-11)12(14(18)19-2)13-15-7-8-20-13/h3-8,12H,1-2H3,(H,16,17). The monoisotopic (exact) mass is 290 g/mol. The van der Waals surface area contributed by atoms with Crippen LogP contribution in [0.3, 0.4) is 0 Å². The number of amides is 1. The van der Waals surface area contributed by atoms with Crippen LogP contribution in [0, 0.1) is 0 Å². The Morgan fingerprint density at radius 2 is 2.00 bits per heavy atom. The number of hydrogen-bond donors (Lipinski definition) is 1. The quantitative estimate of drug-likeness (QED) is 0.878. The summed E-state index contributed by atoms with van der Waals surface area (Å²) >= 11 is 1.40. The van der Waals surface area contributed by atoms with Gasteiger partial charge >= 0.3 is 5.97 Å². The van der Waals surface area contributed by atoms with Crippen molar-refractivity contribution in [2.24, 2.45) is 0 Å². The molecule has 1 amide bonds. The minimum atomic E-state index is -0.536. The Balaban J connectivity index is 2.30. The molecule has 1 aromatic carbocycles. The average molecular weight is 290 g/mol. The number of anilines is 1. The van der Waals surface area contributed by atoms with Crippen LogP contribution in [0.1, 0.15) is 23.4 Å². The van der Waals surface area contributed by atoms with E-state index in [0.717, 1.165) is 5.56 Å². The number of nitrogens with zero attached hydrogens (tertiary/aromatic N) is 1. The van der Waals surface area contributed by atoms with Crippen molar-refractivity contribution < 1.29 is 14.3 Å². The van der Waals surface area contributed by atoms with Gasteiger partial charge in [0.05, 0.1) is 7.11 Å². The van der Waals surface area contributed by atoms with Gasteiger partial charge < -0.3 is 10.1 Å². The van der Waals surface area contributed by atoms with Gasteiger partial charge in [0.15, 0.2) is 0 Å². The Kier molecular flexibility index (Phi) is 4.47. The van der Waals surface area contributed by atoms with Gasteiger partial charge in [0.1, 0.15) is 10.9 Å². The molecule has 5 nitrogen and oxygen atoms in total. The molecule has 2 rings (SSSR count). The normalized spacial score (nSPS) is 11.7. The van der Waals surface area contributed by atoms with Crippen LogP contribution in [0.25, 0.3) is 0 Å². The van der Waals surface area contributed by atoms with Crippen molar-refractivity contribution in [2.45, 2.75) is 12.8 Å². The van der Waals surface area contributed by atoms with E-state index in [2.05, 4.69) is 10.3 Å². The maximum Gasteiger partial charge on any atom is 0.320 e. The number of thiazole rings is 1. The SMILES string of the molecule is COC(=O)C(c1ccc(NC(C)=O)cc1)c1nccs1. The third-order valence-electron chi connectivity index (χ3n) is 2.70. The summed E-state index contributed by atoms with van der Waals surface area (Å²) < 4.78 is 4.84. The van der Waals surface area contributed by atoms with Crippen LogP contribution in [0.5, 0.6) is 0 Å². The molecule has 2 aromatic rings. The molecule has 1 unspecified atom stereocenters. The third kappa shape index (κ3) is 3.21. The fraction of sp³-hybridized carbons (Fsp3) is 0.214. The summed E-state index contributed by atoms with van der Waals surface area (Å²) in [6.07, 6.45) is 1.65. The molecule has 0 fully saturated rings. The Hall–Kier alpha value is -2.21. The van der Waals surface area contributed by atoms with Gasteiger partial charge in [0.25, 0.3) is 0 Å². The summed E-state index contributed by atoms with van der Waals surface area (Å²) in [5.41, 5.74) is 1.46. The minimum absolute atomic E-state index is 0.137. The maximum absolute atomic E-state index is 11.9. The predicted octanol–water partition coefficient (Wildman–Crippen LogP) is 2.41. The Morgan fingerprint density at radius 3 is 2.50 bits per heavy atom. The van der Waals surface area contributed by atoms with Crippen LogP contribution < -0.4 is 5.32 Å². The Morgan fingerprint density at radius 1 is 1.30 bits per heavy atom. The highest BCUT2D eigenvalue weighted by Crippen LogP contribution is 2.28. The van der Waals surface area contributed by atoms with Crippen LogP contribution in [-0.4, -0.2) is 24.0 Å². The number of carbonyl (C=O) groups is 2. The summed E-state index contributed by atoms with van der Waals surface area (Å²) in [6.45, 7) is 1.45. The summed E-state index contributed by atoms with van der Waals surface area (Å²) in [7, 11) is 1.36. The summed E-state index contributed by atoms with van der Waals surface area (Å²) in [5, 5.41) is 5.18. The number of rotatable bonds is 4. The van der Waals surface area contributed by atoms with E-state index >= 15 is 0 Å². The highest BCUT2D eigenvalue weighted by Gasteiger charge is 2.25. The van der Waals surface area contributed by atoms with Gasteiger partial charge in [-0.3, -0.25) is 9.59 Å². The fourth-order valence-electron chi connectivity index (χ4n) is 1.84. The zero-order chi connectivity index (χ0) is 14.5. The lowest BCUT2D eigenvalue weighted by Crippen LogP contribution is -2.15. The summed E-state index contributed by atoms with van der Waals surface area (Å²) in [6, 6.07) is 7.07. The van der Waals surface area contributed by atoms with Gasteiger partial charge in [-0.1, -0.05) is 12.1 Å². The first-order valence-corrected chi connectivity index (χ1v) is 6.84. The molecule has 1 aromatic heterocycles. The second kappa shape index (κ2) is 6.29. The Bertz CT molecular complexity index is 593. The van der Waals surface area contributed by atoms with Crippen molar-refractivity contribution in [3.8, 4) is 0 Å². The van der Waals surface area contributed by atoms with Crippen molar-refractivity contribution in [3.63, 3.8) is 0 Å². The molecule has 6 heteroatoms. The smallest absolute Gasteiger partial charge is 0.320 e.